The van der Waals surface area contributed by atoms with Gasteiger partial charge in [-0.1, -0.05) is 16.6 Å². The minimum absolute atomic E-state index is 0.265. The second-order valence-corrected chi connectivity index (χ2v) is 5.33. The van der Waals surface area contributed by atoms with Gasteiger partial charge in [-0.05, 0) is 26.0 Å². The number of rotatable bonds is 2. The van der Waals surface area contributed by atoms with E-state index in [-0.39, 0.29) is 11.3 Å². The highest BCUT2D eigenvalue weighted by atomic mass is 32.2. The fourth-order valence-corrected chi connectivity index (χ4v) is 2.58. The third-order valence-corrected chi connectivity index (χ3v) is 3.25. The minimum atomic E-state index is -3.97. The van der Waals surface area contributed by atoms with Crippen LogP contribution in [0.3, 0.4) is 0 Å². The van der Waals surface area contributed by atoms with Crippen LogP contribution in [0.15, 0.2) is 24.3 Å². The Morgan fingerprint density at radius 1 is 1.29 bits per heavy atom. The normalized spacial score (nSPS) is 17.8. The van der Waals surface area contributed by atoms with Crippen molar-refractivity contribution in [3.05, 3.63) is 29.8 Å². The van der Waals surface area contributed by atoms with Crippen LogP contribution in [0, 0.1) is 0 Å². The van der Waals surface area contributed by atoms with E-state index in [4.69, 9.17) is 4.84 Å². The Bertz CT molecular complexity index is 553. The average molecular weight is 256 g/mol. The molecular formula is C10H12N2O4S. The molecule has 0 aromatic heterocycles. The summed E-state index contributed by atoms with van der Waals surface area (Å²) in [5.74, 6) is -0.687. The molecular weight excluding hydrogens is 244 g/mol. The molecule has 2 rings (SSSR count). The molecule has 0 saturated heterocycles. The number of hydrogen-bond donors (Lipinski definition) is 1. The monoisotopic (exact) mass is 256 g/mol. The third-order valence-electron chi connectivity index (χ3n) is 2.09. The lowest BCUT2D eigenvalue weighted by molar-refractivity contribution is -0.0919. The lowest BCUT2D eigenvalue weighted by Gasteiger charge is -2.28. The quantitative estimate of drug-likeness (QED) is 0.860. The Labute approximate surface area is 99.3 Å². The van der Waals surface area contributed by atoms with Gasteiger partial charge < -0.3 is 0 Å². The molecule has 0 fully saturated rings. The van der Waals surface area contributed by atoms with Gasteiger partial charge in [0.15, 0.2) is 0 Å². The third kappa shape index (κ3) is 2.11. The molecule has 1 aromatic rings. The van der Waals surface area contributed by atoms with Crippen LogP contribution >= 0.6 is 0 Å². The molecule has 17 heavy (non-hydrogen) atoms. The van der Waals surface area contributed by atoms with E-state index in [9.17, 15) is 13.2 Å². The highest BCUT2D eigenvalue weighted by Gasteiger charge is 2.37. The summed E-state index contributed by atoms with van der Waals surface area (Å²) in [6.45, 7) is 3.28. The van der Waals surface area contributed by atoms with Crippen molar-refractivity contribution in [1.29, 1.82) is 0 Å². The second-order valence-electron chi connectivity index (χ2n) is 3.84. The van der Waals surface area contributed by atoms with Gasteiger partial charge >= 0.3 is 10.2 Å². The lowest BCUT2D eigenvalue weighted by Crippen LogP contribution is -2.45. The van der Waals surface area contributed by atoms with Gasteiger partial charge in [-0.3, -0.25) is 14.4 Å². The first-order chi connectivity index (χ1) is 7.92. The van der Waals surface area contributed by atoms with Crippen LogP contribution in [-0.2, 0) is 15.0 Å². The highest BCUT2D eigenvalue weighted by molar-refractivity contribution is 7.91. The Morgan fingerprint density at radius 2 is 1.94 bits per heavy atom. The minimum Gasteiger partial charge on any atom is -0.265 e. The van der Waals surface area contributed by atoms with Gasteiger partial charge in [0.1, 0.15) is 0 Å². The van der Waals surface area contributed by atoms with Crippen molar-refractivity contribution in [3.8, 4) is 0 Å². The van der Waals surface area contributed by atoms with Gasteiger partial charge in [-0.2, -0.15) is 8.42 Å². The molecule has 1 amide bonds. The molecule has 1 heterocycles. The van der Waals surface area contributed by atoms with Crippen LogP contribution in [-0.4, -0.2) is 24.9 Å². The maximum atomic E-state index is 11.9. The van der Waals surface area contributed by atoms with Crippen LogP contribution < -0.4 is 4.72 Å². The number of hydroxylamine groups is 1. The van der Waals surface area contributed by atoms with Crippen LogP contribution in [0.4, 0.5) is 5.69 Å². The number of nitrogens with zero attached hydrogens (tertiary/aromatic N) is 1. The summed E-state index contributed by atoms with van der Waals surface area (Å²) in [7, 11) is -3.97. The molecule has 1 aromatic carbocycles. The molecule has 0 aliphatic carbocycles. The molecule has 6 nitrogen and oxygen atoms in total. The molecule has 0 spiro atoms. The molecule has 1 aliphatic rings. The summed E-state index contributed by atoms with van der Waals surface area (Å²) in [6, 6.07) is 6.37. The lowest BCUT2D eigenvalue weighted by atomic mass is 10.2. The van der Waals surface area contributed by atoms with Crippen LogP contribution in [0.25, 0.3) is 0 Å². The Kier molecular flexibility index (Phi) is 2.80. The first kappa shape index (κ1) is 11.9. The van der Waals surface area contributed by atoms with Crippen LogP contribution in [0.2, 0.25) is 0 Å². The van der Waals surface area contributed by atoms with E-state index in [1.165, 1.54) is 12.1 Å². The van der Waals surface area contributed by atoms with E-state index in [1.54, 1.807) is 26.0 Å². The predicted octanol–water partition coefficient (Wildman–Crippen LogP) is 1.14. The zero-order valence-electron chi connectivity index (χ0n) is 9.38. The Hall–Kier alpha value is -1.60. The zero-order valence-corrected chi connectivity index (χ0v) is 10.2. The van der Waals surface area contributed by atoms with Gasteiger partial charge in [0.05, 0.1) is 17.4 Å². The van der Waals surface area contributed by atoms with Gasteiger partial charge in [0.2, 0.25) is 0 Å². The summed E-state index contributed by atoms with van der Waals surface area (Å²) < 4.78 is 26.2. The molecule has 0 unspecified atom stereocenters. The van der Waals surface area contributed by atoms with E-state index in [0.29, 0.717) is 4.47 Å². The van der Waals surface area contributed by atoms with Crippen molar-refractivity contribution in [1.82, 2.24) is 4.47 Å². The maximum absolute atomic E-state index is 11.9. The van der Waals surface area contributed by atoms with E-state index < -0.39 is 22.2 Å². The number of benzene rings is 1. The van der Waals surface area contributed by atoms with Crippen molar-refractivity contribution in [3.63, 3.8) is 0 Å². The van der Waals surface area contributed by atoms with Crippen molar-refractivity contribution in [2.75, 3.05) is 4.72 Å². The van der Waals surface area contributed by atoms with Crippen molar-refractivity contribution in [2.24, 2.45) is 0 Å². The number of para-hydroxylation sites is 1. The summed E-state index contributed by atoms with van der Waals surface area (Å²) >= 11 is 0. The van der Waals surface area contributed by atoms with Gasteiger partial charge in [-0.25, -0.2) is 0 Å². The molecule has 0 atom stereocenters. The maximum Gasteiger partial charge on any atom is 0.349 e. The van der Waals surface area contributed by atoms with Crippen LogP contribution in [0.1, 0.15) is 24.2 Å². The SMILES string of the molecule is CC(C)ON1C(=O)c2ccccc2NS1(=O)=O. The highest BCUT2D eigenvalue weighted by Crippen LogP contribution is 2.26. The molecule has 0 saturated carbocycles. The topological polar surface area (TPSA) is 75.7 Å². The molecule has 7 heteroatoms. The number of fused-ring (bicyclic) bond motifs is 1. The molecule has 0 radical (unpaired) electrons. The molecule has 0 bridgehead atoms. The summed E-state index contributed by atoms with van der Waals surface area (Å²) in [4.78, 5) is 17.0. The largest absolute Gasteiger partial charge is 0.349 e. The first-order valence-electron chi connectivity index (χ1n) is 5.05. The van der Waals surface area contributed by atoms with Crippen molar-refractivity contribution >= 4 is 21.8 Å². The molecule has 1 N–H and O–H groups in total. The van der Waals surface area contributed by atoms with Crippen LogP contribution in [0.5, 0.6) is 0 Å². The van der Waals surface area contributed by atoms with E-state index in [0.717, 1.165) is 0 Å². The first-order valence-corrected chi connectivity index (χ1v) is 6.49. The zero-order chi connectivity index (χ0) is 12.6. The number of nitrogens with one attached hydrogen (secondary N) is 1. The number of carbonyl (C=O) groups excluding carboxylic acids is 1. The van der Waals surface area contributed by atoms with Gasteiger partial charge in [0, 0.05) is 0 Å². The fourth-order valence-electron chi connectivity index (χ4n) is 1.44. The van der Waals surface area contributed by atoms with Gasteiger partial charge in [0.25, 0.3) is 5.91 Å². The van der Waals surface area contributed by atoms with Crippen molar-refractivity contribution in [2.45, 2.75) is 20.0 Å². The smallest absolute Gasteiger partial charge is 0.265 e. The Morgan fingerprint density at radius 3 is 2.59 bits per heavy atom. The molecule has 1 aliphatic heterocycles. The molecule has 92 valence electrons. The number of amides is 1. The Balaban J connectivity index is 2.48. The van der Waals surface area contributed by atoms with Crippen molar-refractivity contribution < 1.29 is 18.0 Å². The predicted molar refractivity (Wildman–Crippen MR) is 61.4 cm³/mol. The fraction of sp³-hybridized carbons (Fsp3) is 0.300. The standard InChI is InChI=1S/C10H12N2O4S/c1-7(2)16-12-10(13)8-5-3-4-6-9(8)11-17(12,14)15/h3-7,11H,1-2H3. The van der Waals surface area contributed by atoms with E-state index in [2.05, 4.69) is 4.72 Å². The van der Waals surface area contributed by atoms with E-state index in [1.807, 2.05) is 0 Å². The van der Waals surface area contributed by atoms with Gasteiger partial charge in [-0.15, -0.1) is 0 Å². The number of anilines is 1. The van der Waals surface area contributed by atoms with E-state index >= 15 is 0 Å². The average Bonchev–Trinajstić information content (AvgIpc) is 2.23. The second kappa shape index (κ2) is 4.01. The summed E-state index contributed by atoms with van der Waals surface area (Å²) in [6.07, 6.45) is -0.416. The number of hydrogen-bond acceptors (Lipinski definition) is 4. The summed E-state index contributed by atoms with van der Waals surface area (Å²) in [5, 5.41) is 0. The summed E-state index contributed by atoms with van der Waals surface area (Å²) in [5.41, 5.74) is 0.532. The number of carbonyl (C=O) groups is 1.